The molecule has 12 heavy (non-hydrogen) atoms. The van der Waals surface area contributed by atoms with Gasteiger partial charge in [0.15, 0.2) is 0 Å². The van der Waals surface area contributed by atoms with E-state index in [1.807, 2.05) is 0 Å². The molecule has 0 aliphatic carbocycles. The van der Waals surface area contributed by atoms with Crippen molar-refractivity contribution < 1.29 is 29.6 Å². The molecule has 0 unspecified atom stereocenters. The van der Waals surface area contributed by atoms with Crippen molar-refractivity contribution in [1.29, 1.82) is 15.8 Å². The van der Waals surface area contributed by atoms with Crippen LogP contribution in [0.5, 0.6) is 0 Å². The molecule has 4 nitrogen and oxygen atoms in total. The molecule has 0 fully saturated rings. The average Bonchev–Trinajstić information content (AvgIpc) is 2.05. The quantitative estimate of drug-likeness (QED) is 0.287. The number of nitrogens with zero attached hydrogens (tertiary/aromatic N) is 4. The van der Waals surface area contributed by atoms with E-state index in [2.05, 4.69) is 5.32 Å². The van der Waals surface area contributed by atoms with E-state index in [-0.39, 0.29) is 40.8 Å². The number of rotatable bonds is 2. The van der Waals surface area contributed by atoms with Crippen molar-refractivity contribution in [1.82, 2.24) is 0 Å². The zero-order chi connectivity index (χ0) is 8.69. The molecule has 0 amide bonds. The van der Waals surface area contributed by atoms with Gasteiger partial charge in [0.05, 0.1) is 0 Å². The Balaban J connectivity index is 0. The van der Waals surface area contributed by atoms with E-state index in [9.17, 15) is 0 Å². The SMILES string of the molecule is CCC([N-]C#N)=C(C#N)C#N.[Na+]. The van der Waals surface area contributed by atoms with Crippen molar-refractivity contribution in [2.45, 2.75) is 13.3 Å². The summed E-state index contributed by atoms with van der Waals surface area (Å²) in [6, 6.07) is 3.32. The number of hydrogen-bond acceptors (Lipinski definition) is 3. The zero-order valence-corrected chi connectivity index (χ0v) is 9.00. The number of allylic oxidation sites excluding steroid dienone is 2. The zero-order valence-electron chi connectivity index (χ0n) is 7.00. The summed E-state index contributed by atoms with van der Waals surface area (Å²) in [4.78, 5) is 0. The summed E-state index contributed by atoms with van der Waals surface area (Å²) in [5.74, 6) is 0. The molecule has 0 aromatic rings. The van der Waals surface area contributed by atoms with Crippen LogP contribution >= 0.6 is 0 Å². The van der Waals surface area contributed by atoms with E-state index in [4.69, 9.17) is 15.8 Å². The van der Waals surface area contributed by atoms with Gasteiger partial charge < -0.3 is 10.6 Å². The average molecular weight is 168 g/mol. The van der Waals surface area contributed by atoms with Crippen LogP contribution in [0.25, 0.3) is 5.32 Å². The van der Waals surface area contributed by atoms with Gasteiger partial charge in [0, 0.05) is 0 Å². The van der Waals surface area contributed by atoms with Crippen molar-refractivity contribution in [3.8, 4) is 18.3 Å². The molecule has 0 saturated carbocycles. The maximum atomic E-state index is 8.35. The molecule has 0 spiro atoms. The van der Waals surface area contributed by atoms with Crippen LogP contribution in [0.2, 0.25) is 0 Å². The van der Waals surface area contributed by atoms with Crippen LogP contribution in [0.15, 0.2) is 11.3 Å². The van der Waals surface area contributed by atoms with Gasteiger partial charge in [-0.05, 0) is 12.1 Å². The van der Waals surface area contributed by atoms with Crippen molar-refractivity contribution >= 4 is 0 Å². The van der Waals surface area contributed by atoms with E-state index >= 15 is 0 Å². The predicted molar refractivity (Wildman–Crippen MR) is 37.5 cm³/mol. The second kappa shape index (κ2) is 8.11. The maximum absolute atomic E-state index is 8.35. The van der Waals surface area contributed by atoms with Crippen LogP contribution in [-0.2, 0) is 0 Å². The second-order valence-electron chi connectivity index (χ2n) is 1.61. The largest absolute Gasteiger partial charge is 1.00 e. The van der Waals surface area contributed by atoms with Gasteiger partial charge >= 0.3 is 29.6 Å². The van der Waals surface area contributed by atoms with Gasteiger partial charge in [0.1, 0.15) is 17.7 Å². The normalized spacial score (nSPS) is 6.17. The summed E-state index contributed by atoms with van der Waals surface area (Å²) in [5.41, 5.74) is 0.159. The van der Waals surface area contributed by atoms with Crippen molar-refractivity contribution in [3.63, 3.8) is 0 Å². The van der Waals surface area contributed by atoms with Crippen LogP contribution in [0.3, 0.4) is 0 Å². The van der Waals surface area contributed by atoms with E-state index in [1.165, 1.54) is 6.19 Å². The number of hydrogen-bond donors (Lipinski definition) is 0. The van der Waals surface area contributed by atoms with Gasteiger partial charge in [0.2, 0.25) is 0 Å². The minimum absolute atomic E-state index is 0. The van der Waals surface area contributed by atoms with Gasteiger partial charge in [-0.25, -0.2) is 0 Å². The first-order valence-corrected chi connectivity index (χ1v) is 2.93. The summed E-state index contributed by atoms with van der Waals surface area (Å²) < 4.78 is 0. The first kappa shape index (κ1) is 13.6. The predicted octanol–water partition coefficient (Wildman–Crippen LogP) is -1.44. The molecule has 0 aliphatic rings. The van der Waals surface area contributed by atoms with Crippen molar-refractivity contribution in [2.24, 2.45) is 0 Å². The summed E-state index contributed by atoms with van der Waals surface area (Å²) >= 11 is 0. The van der Waals surface area contributed by atoms with E-state index in [0.29, 0.717) is 6.42 Å². The molecule has 0 N–H and O–H groups in total. The smallest absolute Gasteiger partial charge is 0.494 e. The molecule has 0 aromatic heterocycles. The van der Waals surface area contributed by atoms with Crippen LogP contribution in [0.4, 0.5) is 0 Å². The molecule has 0 aromatic carbocycles. The van der Waals surface area contributed by atoms with Gasteiger partial charge in [-0.3, -0.25) is 0 Å². The Kier molecular flexibility index (Phi) is 9.18. The van der Waals surface area contributed by atoms with Crippen LogP contribution in [0.1, 0.15) is 13.3 Å². The fourth-order valence-electron chi connectivity index (χ4n) is 0.526. The third kappa shape index (κ3) is 4.01. The van der Waals surface area contributed by atoms with Gasteiger partial charge in [-0.2, -0.15) is 10.5 Å². The minimum Gasteiger partial charge on any atom is -0.494 e. The molecule has 0 rings (SSSR count). The first-order valence-electron chi connectivity index (χ1n) is 2.93. The molecule has 0 saturated heterocycles. The summed E-state index contributed by atoms with van der Waals surface area (Å²) in [7, 11) is 0. The third-order valence-electron chi connectivity index (χ3n) is 1.03. The molecule has 0 atom stereocenters. The summed E-state index contributed by atoms with van der Waals surface area (Å²) in [6.07, 6.45) is 1.95. The van der Waals surface area contributed by atoms with E-state index in [0.717, 1.165) is 0 Å². The van der Waals surface area contributed by atoms with Crippen LogP contribution < -0.4 is 29.6 Å². The van der Waals surface area contributed by atoms with Crippen LogP contribution in [0, 0.1) is 34.1 Å². The minimum atomic E-state index is -0.0888. The third-order valence-corrected chi connectivity index (χ3v) is 1.03. The monoisotopic (exact) mass is 168 g/mol. The summed E-state index contributed by atoms with van der Waals surface area (Å²) in [5, 5.41) is 28.2. The topological polar surface area (TPSA) is 85.5 Å². The Morgan fingerprint density at radius 2 is 1.75 bits per heavy atom. The van der Waals surface area contributed by atoms with E-state index in [1.54, 1.807) is 19.1 Å². The molecule has 54 valence electrons. The Bertz CT molecular complexity index is 270. The fourth-order valence-corrected chi connectivity index (χ4v) is 0.526. The van der Waals surface area contributed by atoms with Gasteiger partial charge in [-0.1, -0.05) is 13.1 Å². The maximum Gasteiger partial charge on any atom is 1.00 e. The summed E-state index contributed by atoms with van der Waals surface area (Å²) in [6.45, 7) is 1.73. The Labute approximate surface area is 93.4 Å². The molecule has 0 aliphatic heterocycles. The van der Waals surface area contributed by atoms with Crippen molar-refractivity contribution in [3.05, 3.63) is 16.6 Å². The molecule has 0 radical (unpaired) electrons. The second-order valence-corrected chi connectivity index (χ2v) is 1.61. The molecule has 0 heterocycles. The molecule has 0 bridgehead atoms. The van der Waals surface area contributed by atoms with Gasteiger partial charge in [0.25, 0.3) is 0 Å². The molecular formula is C7H5N4Na. The first-order chi connectivity index (χ1) is 5.29. The fraction of sp³-hybridized carbons (Fsp3) is 0.286. The van der Waals surface area contributed by atoms with E-state index < -0.39 is 0 Å². The Hall–Kier alpha value is -0.990. The van der Waals surface area contributed by atoms with Crippen molar-refractivity contribution in [2.75, 3.05) is 0 Å². The standard InChI is InChI=1S/C7H5N4.Na/c1-2-7(11-5-10)6(3-8)4-9;/h2H2,1H3;/q-1;+1. The molecule has 5 heteroatoms. The van der Waals surface area contributed by atoms with Crippen LogP contribution in [-0.4, -0.2) is 0 Å². The molecular weight excluding hydrogens is 163 g/mol. The number of nitriles is 3. The van der Waals surface area contributed by atoms with Gasteiger partial charge in [-0.15, -0.1) is 0 Å². The Morgan fingerprint density at radius 3 is 2.00 bits per heavy atom. The Morgan fingerprint density at radius 1 is 1.25 bits per heavy atom.